The first-order valence-corrected chi connectivity index (χ1v) is 5.50. The van der Waals surface area contributed by atoms with E-state index >= 15 is 0 Å². The highest BCUT2D eigenvalue weighted by Gasteiger charge is 2.09. The molecular formula is C13H20O. The highest BCUT2D eigenvalue weighted by Crippen LogP contribution is 2.27. The zero-order valence-electron chi connectivity index (χ0n) is 9.38. The Hall–Kier alpha value is -0.980. The maximum absolute atomic E-state index is 9.45. The van der Waals surface area contributed by atoms with Crippen LogP contribution in [-0.4, -0.2) is 5.11 Å². The molecule has 1 unspecified atom stereocenters. The molecule has 0 radical (unpaired) electrons. The van der Waals surface area contributed by atoms with Crippen LogP contribution in [0.4, 0.5) is 0 Å². The predicted molar refractivity (Wildman–Crippen MR) is 60.8 cm³/mol. The van der Waals surface area contributed by atoms with E-state index in [0.29, 0.717) is 11.7 Å². The average Bonchev–Trinajstić information content (AvgIpc) is 2.18. The number of hydrogen-bond acceptors (Lipinski definition) is 1. The summed E-state index contributed by atoms with van der Waals surface area (Å²) in [6.45, 7) is 6.59. The Balaban J connectivity index is 2.97. The number of phenolic OH excluding ortho intramolecular Hbond substituents is 1. The Bertz CT molecular complexity index is 291. The van der Waals surface area contributed by atoms with Crippen LogP contribution in [0.25, 0.3) is 0 Å². The summed E-state index contributed by atoms with van der Waals surface area (Å²) in [4.78, 5) is 0. The summed E-state index contributed by atoms with van der Waals surface area (Å²) in [5.41, 5.74) is 2.68. The van der Waals surface area contributed by atoms with Crippen LogP contribution in [-0.2, 0) is 6.42 Å². The van der Waals surface area contributed by atoms with E-state index in [9.17, 15) is 5.11 Å². The predicted octanol–water partition coefficient (Wildman–Crippen LogP) is 3.86. The summed E-state index contributed by atoms with van der Waals surface area (Å²) >= 11 is 0. The van der Waals surface area contributed by atoms with E-state index in [1.807, 2.05) is 12.1 Å². The van der Waals surface area contributed by atoms with E-state index in [-0.39, 0.29) is 0 Å². The summed E-state index contributed by atoms with van der Waals surface area (Å²) in [6, 6.07) is 5.73. The molecule has 1 aromatic carbocycles. The molecule has 1 heteroatoms. The maximum Gasteiger partial charge on any atom is 0.115 e. The minimum atomic E-state index is 0.389. The average molecular weight is 192 g/mol. The number of phenols is 1. The van der Waals surface area contributed by atoms with Crippen molar-refractivity contribution >= 4 is 0 Å². The first-order valence-electron chi connectivity index (χ1n) is 5.50. The molecule has 0 fully saturated rings. The fourth-order valence-electron chi connectivity index (χ4n) is 1.95. The molecule has 0 aliphatic rings. The van der Waals surface area contributed by atoms with Gasteiger partial charge in [-0.25, -0.2) is 0 Å². The van der Waals surface area contributed by atoms with Gasteiger partial charge in [-0.2, -0.15) is 0 Å². The smallest absolute Gasteiger partial charge is 0.115 e. The van der Waals surface area contributed by atoms with E-state index < -0.39 is 0 Å². The van der Waals surface area contributed by atoms with Crippen molar-refractivity contribution in [3.8, 4) is 5.75 Å². The highest BCUT2D eigenvalue weighted by atomic mass is 16.3. The van der Waals surface area contributed by atoms with Crippen LogP contribution >= 0.6 is 0 Å². The van der Waals surface area contributed by atoms with Gasteiger partial charge in [0.1, 0.15) is 5.75 Å². The van der Waals surface area contributed by atoms with Crippen molar-refractivity contribution in [2.24, 2.45) is 0 Å². The first-order chi connectivity index (χ1) is 6.69. The normalized spacial score (nSPS) is 12.8. The second-order valence-electron chi connectivity index (χ2n) is 3.93. The molecule has 0 aromatic heterocycles. The molecule has 0 saturated carbocycles. The SMILES string of the molecule is CCCC(C)c1cc(O)ccc1CC. The number of rotatable bonds is 4. The maximum atomic E-state index is 9.45. The Morgan fingerprint density at radius 2 is 2.00 bits per heavy atom. The van der Waals surface area contributed by atoms with Crippen LogP contribution in [0, 0.1) is 0 Å². The Morgan fingerprint density at radius 1 is 1.29 bits per heavy atom. The second kappa shape index (κ2) is 5.04. The molecule has 14 heavy (non-hydrogen) atoms. The largest absolute Gasteiger partial charge is 0.508 e. The second-order valence-corrected chi connectivity index (χ2v) is 3.93. The lowest BCUT2D eigenvalue weighted by Gasteiger charge is -2.15. The number of aryl methyl sites for hydroxylation is 1. The quantitative estimate of drug-likeness (QED) is 0.768. The summed E-state index contributed by atoms with van der Waals surface area (Å²) in [5, 5.41) is 9.45. The van der Waals surface area contributed by atoms with Crippen molar-refractivity contribution in [3.05, 3.63) is 29.3 Å². The van der Waals surface area contributed by atoms with Gasteiger partial charge in [0.25, 0.3) is 0 Å². The van der Waals surface area contributed by atoms with Crippen molar-refractivity contribution in [1.82, 2.24) is 0 Å². The minimum Gasteiger partial charge on any atom is -0.508 e. The van der Waals surface area contributed by atoms with Crippen molar-refractivity contribution in [3.63, 3.8) is 0 Å². The number of aromatic hydroxyl groups is 1. The van der Waals surface area contributed by atoms with Crippen LogP contribution < -0.4 is 0 Å². The van der Waals surface area contributed by atoms with Gasteiger partial charge in [0.05, 0.1) is 0 Å². The molecule has 0 saturated heterocycles. The number of hydrogen-bond donors (Lipinski definition) is 1. The molecule has 1 rings (SSSR count). The van der Waals surface area contributed by atoms with E-state index in [2.05, 4.69) is 20.8 Å². The van der Waals surface area contributed by atoms with Gasteiger partial charge in [0, 0.05) is 0 Å². The van der Waals surface area contributed by atoms with Gasteiger partial charge in [-0.3, -0.25) is 0 Å². The van der Waals surface area contributed by atoms with Crippen molar-refractivity contribution in [1.29, 1.82) is 0 Å². The molecule has 1 N–H and O–H groups in total. The summed E-state index contributed by atoms with van der Waals surface area (Å²) < 4.78 is 0. The lowest BCUT2D eigenvalue weighted by Crippen LogP contribution is -1.98. The van der Waals surface area contributed by atoms with Gasteiger partial charge in [-0.15, -0.1) is 0 Å². The third-order valence-electron chi connectivity index (χ3n) is 2.76. The van der Waals surface area contributed by atoms with Gasteiger partial charge in [-0.05, 0) is 42.0 Å². The molecule has 0 spiro atoms. The third-order valence-corrected chi connectivity index (χ3v) is 2.76. The molecule has 0 aliphatic carbocycles. The lowest BCUT2D eigenvalue weighted by atomic mass is 9.91. The Labute approximate surface area is 86.8 Å². The van der Waals surface area contributed by atoms with E-state index in [1.54, 1.807) is 6.07 Å². The van der Waals surface area contributed by atoms with Crippen molar-refractivity contribution in [2.75, 3.05) is 0 Å². The minimum absolute atomic E-state index is 0.389. The van der Waals surface area contributed by atoms with Gasteiger partial charge >= 0.3 is 0 Å². The van der Waals surface area contributed by atoms with Crippen LogP contribution in [0.2, 0.25) is 0 Å². The monoisotopic (exact) mass is 192 g/mol. The van der Waals surface area contributed by atoms with Crippen molar-refractivity contribution < 1.29 is 5.11 Å². The molecule has 0 bridgehead atoms. The van der Waals surface area contributed by atoms with Crippen LogP contribution in [0.5, 0.6) is 5.75 Å². The molecule has 0 amide bonds. The van der Waals surface area contributed by atoms with E-state index in [4.69, 9.17) is 0 Å². The molecule has 1 nitrogen and oxygen atoms in total. The first kappa shape index (κ1) is 11.1. The van der Waals surface area contributed by atoms with E-state index in [0.717, 1.165) is 6.42 Å². The standard InChI is InChI=1S/C13H20O/c1-4-6-10(3)13-9-12(14)8-7-11(13)5-2/h7-10,14H,4-6H2,1-3H3. The topological polar surface area (TPSA) is 20.2 Å². The summed E-state index contributed by atoms with van der Waals surface area (Å²) in [5.74, 6) is 0.946. The molecular weight excluding hydrogens is 172 g/mol. The van der Waals surface area contributed by atoms with Crippen LogP contribution in [0.3, 0.4) is 0 Å². The van der Waals surface area contributed by atoms with E-state index in [1.165, 1.54) is 24.0 Å². The lowest BCUT2D eigenvalue weighted by molar-refractivity contribution is 0.473. The Kier molecular flexibility index (Phi) is 3.99. The highest BCUT2D eigenvalue weighted by molar-refractivity contribution is 5.37. The molecule has 78 valence electrons. The zero-order chi connectivity index (χ0) is 10.6. The van der Waals surface area contributed by atoms with Crippen LogP contribution in [0.1, 0.15) is 50.7 Å². The van der Waals surface area contributed by atoms with Gasteiger partial charge in [0.2, 0.25) is 0 Å². The van der Waals surface area contributed by atoms with Gasteiger partial charge < -0.3 is 5.11 Å². The third kappa shape index (κ3) is 2.50. The molecule has 1 aromatic rings. The van der Waals surface area contributed by atoms with Crippen molar-refractivity contribution in [2.45, 2.75) is 46.0 Å². The zero-order valence-corrected chi connectivity index (χ0v) is 9.38. The molecule has 0 aliphatic heterocycles. The Morgan fingerprint density at radius 3 is 2.57 bits per heavy atom. The summed E-state index contributed by atoms with van der Waals surface area (Å²) in [7, 11) is 0. The van der Waals surface area contributed by atoms with Crippen LogP contribution in [0.15, 0.2) is 18.2 Å². The fourth-order valence-corrected chi connectivity index (χ4v) is 1.95. The van der Waals surface area contributed by atoms with Gasteiger partial charge in [0.15, 0.2) is 0 Å². The molecule has 0 heterocycles. The fraction of sp³-hybridized carbons (Fsp3) is 0.538. The number of benzene rings is 1. The van der Waals surface area contributed by atoms with Gasteiger partial charge in [-0.1, -0.05) is 33.3 Å². The molecule has 1 atom stereocenters. The summed E-state index contributed by atoms with van der Waals surface area (Å²) in [6.07, 6.45) is 3.43.